The third kappa shape index (κ3) is 5.21. The minimum atomic E-state index is 0.194. The second-order valence-corrected chi connectivity index (χ2v) is 7.59. The standard InChI is InChI=1S/C22H33N5/c1-5-23-22(24-15-21-16-26(3)12-13-27(21)4)25-17(2)19-11-10-18-8-6-7-9-20(18)14-19/h6-11,14,17,21H,5,12-13,15-16H2,1-4H3,(H2,23,24,25). The first-order valence-electron chi connectivity index (χ1n) is 9.99. The van der Waals surface area contributed by atoms with Crippen molar-refractivity contribution in [2.24, 2.45) is 4.99 Å². The fraction of sp³-hybridized carbons (Fsp3) is 0.500. The smallest absolute Gasteiger partial charge is 0.191 e. The molecule has 0 aliphatic carbocycles. The van der Waals surface area contributed by atoms with Gasteiger partial charge in [-0.05, 0) is 50.3 Å². The average molecular weight is 368 g/mol. The van der Waals surface area contributed by atoms with Crippen LogP contribution in [-0.4, -0.2) is 68.6 Å². The summed E-state index contributed by atoms with van der Waals surface area (Å²) in [5.74, 6) is 0.889. The van der Waals surface area contributed by atoms with Crippen LogP contribution < -0.4 is 10.6 Å². The minimum absolute atomic E-state index is 0.194. The number of nitrogens with one attached hydrogen (secondary N) is 2. The Labute approximate surface area is 163 Å². The zero-order chi connectivity index (χ0) is 19.2. The Bertz CT molecular complexity index is 772. The fourth-order valence-electron chi connectivity index (χ4n) is 3.58. The molecule has 0 bridgehead atoms. The maximum atomic E-state index is 4.88. The van der Waals surface area contributed by atoms with Gasteiger partial charge in [0.15, 0.2) is 5.96 Å². The van der Waals surface area contributed by atoms with Crippen molar-refractivity contribution in [3.63, 3.8) is 0 Å². The largest absolute Gasteiger partial charge is 0.357 e. The third-order valence-corrected chi connectivity index (χ3v) is 5.41. The predicted octanol–water partition coefficient (Wildman–Crippen LogP) is 2.70. The van der Waals surface area contributed by atoms with Crippen LogP contribution in [0, 0.1) is 0 Å². The van der Waals surface area contributed by atoms with E-state index in [2.05, 4.69) is 90.8 Å². The maximum absolute atomic E-state index is 4.88. The molecule has 1 aliphatic rings. The quantitative estimate of drug-likeness (QED) is 0.630. The molecule has 1 saturated heterocycles. The summed E-state index contributed by atoms with van der Waals surface area (Å²) >= 11 is 0. The first-order chi connectivity index (χ1) is 13.1. The highest BCUT2D eigenvalue weighted by Gasteiger charge is 2.21. The molecule has 2 aromatic rings. The Morgan fingerprint density at radius 1 is 1.15 bits per heavy atom. The van der Waals surface area contributed by atoms with Gasteiger partial charge in [-0.1, -0.05) is 36.4 Å². The van der Waals surface area contributed by atoms with Crippen molar-refractivity contribution in [3.05, 3.63) is 48.0 Å². The SMILES string of the molecule is CCNC(=NCC1CN(C)CCN1C)NC(C)c1ccc2ccccc2c1. The molecule has 5 nitrogen and oxygen atoms in total. The van der Waals surface area contributed by atoms with Crippen LogP contribution in [0.3, 0.4) is 0 Å². The van der Waals surface area contributed by atoms with Gasteiger partial charge in [-0.15, -0.1) is 0 Å². The summed E-state index contributed by atoms with van der Waals surface area (Å²) in [6.07, 6.45) is 0. The summed E-state index contributed by atoms with van der Waals surface area (Å²) in [5, 5.41) is 9.52. The van der Waals surface area contributed by atoms with Gasteiger partial charge in [0, 0.05) is 32.2 Å². The number of piperazine rings is 1. The highest BCUT2D eigenvalue weighted by molar-refractivity contribution is 5.84. The van der Waals surface area contributed by atoms with Crippen molar-refractivity contribution in [3.8, 4) is 0 Å². The summed E-state index contributed by atoms with van der Waals surface area (Å²) in [7, 11) is 4.39. The lowest BCUT2D eigenvalue weighted by atomic mass is 10.0. The molecule has 0 saturated carbocycles. The lowest BCUT2D eigenvalue weighted by molar-refractivity contribution is 0.119. The number of guanidine groups is 1. The normalized spacial score (nSPS) is 20.6. The van der Waals surface area contributed by atoms with Crippen molar-refractivity contribution < 1.29 is 0 Å². The molecule has 3 rings (SSSR count). The van der Waals surface area contributed by atoms with E-state index >= 15 is 0 Å². The summed E-state index contributed by atoms with van der Waals surface area (Å²) in [6.45, 7) is 9.27. The molecule has 2 N–H and O–H groups in total. The van der Waals surface area contributed by atoms with E-state index in [9.17, 15) is 0 Å². The van der Waals surface area contributed by atoms with Gasteiger partial charge in [0.2, 0.25) is 0 Å². The molecule has 5 heteroatoms. The lowest BCUT2D eigenvalue weighted by Gasteiger charge is -2.37. The van der Waals surface area contributed by atoms with Crippen LogP contribution in [0.15, 0.2) is 47.5 Å². The molecule has 1 heterocycles. The number of rotatable bonds is 5. The zero-order valence-corrected chi connectivity index (χ0v) is 17.1. The summed E-state index contributed by atoms with van der Waals surface area (Å²) in [5.41, 5.74) is 1.27. The van der Waals surface area contributed by atoms with Crippen LogP contribution in [0.4, 0.5) is 0 Å². The fourth-order valence-corrected chi connectivity index (χ4v) is 3.58. The van der Waals surface area contributed by atoms with E-state index < -0.39 is 0 Å². The number of likely N-dealkylation sites (N-methyl/N-ethyl adjacent to an activating group) is 2. The molecule has 1 fully saturated rings. The number of hydrogen-bond donors (Lipinski definition) is 2. The molecule has 1 aliphatic heterocycles. The van der Waals surface area contributed by atoms with Crippen LogP contribution in [0.5, 0.6) is 0 Å². The van der Waals surface area contributed by atoms with Crippen LogP contribution in [-0.2, 0) is 0 Å². The number of nitrogens with zero attached hydrogens (tertiary/aromatic N) is 3. The van der Waals surface area contributed by atoms with Crippen LogP contribution in [0.2, 0.25) is 0 Å². The molecule has 2 atom stereocenters. The van der Waals surface area contributed by atoms with E-state index in [0.717, 1.165) is 38.7 Å². The van der Waals surface area contributed by atoms with Crippen LogP contribution in [0.25, 0.3) is 10.8 Å². The van der Waals surface area contributed by atoms with Gasteiger partial charge in [-0.3, -0.25) is 9.89 Å². The first-order valence-corrected chi connectivity index (χ1v) is 9.99. The van der Waals surface area contributed by atoms with Gasteiger partial charge in [-0.2, -0.15) is 0 Å². The van der Waals surface area contributed by atoms with E-state index in [1.807, 2.05) is 0 Å². The lowest BCUT2D eigenvalue weighted by Crippen LogP contribution is -2.51. The molecular weight excluding hydrogens is 334 g/mol. The van der Waals surface area contributed by atoms with E-state index in [1.165, 1.54) is 16.3 Å². The third-order valence-electron chi connectivity index (χ3n) is 5.41. The molecule has 0 amide bonds. The van der Waals surface area contributed by atoms with Gasteiger partial charge >= 0.3 is 0 Å². The van der Waals surface area contributed by atoms with E-state index in [1.54, 1.807) is 0 Å². The molecular formula is C22H33N5. The Balaban J connectivity index is 1.68. The predicted molar refractivity (Wildman–Crippen MR) is 115 cm³/mol. The minimum Gasteiger partial charge on any atom is -0.357 e. The molecule has 0 radical (unpaired) electrons. The van der Waals surface area contributed by atoms with E-state index in [0.29, 0.717) is 6.04 Å². The molecule has 146 valence electrons. The average Bonchev–Trinajstić information content (AvgIpc) is 2.68. The summed E-state index contributed by atoms with van der Waals surface area (Å²) in [6, 6.07) is 15.8. The van der Waals surface area contributed by atoms with Gasteiger partial charge < -0.3 is 15.5 Å². The second kappa shape index (κ2) is 9.20. The van der Waals surface area contributed by atoms with Gasteiger partial charge in [0.1, 0.15) is 0 Å². The number of aliphatic imine (C=N–C) groups is 1. The monoisotopic (exact) mass is 367 g/mol. The molecule has 2 unspecified atom stereocenters. The zero-order valence-electron chi connectivity index (χ0n) is 17.1. The van der Waals surface area contributed by atoms with Crippen molar-refractivity contribution in [1.29, 1.82) is 0 Å². The first kappa shape index (κ1) is 19.6. The second-order valence-electron chi connectivity index (χ2n) is 7.59. The highest BCUT2D eigenvalue weighted by Crippen LogP contribution is 2.20. The number of hydrogen-bond acceptors (Lipinski definition) is 3. The van der Waals surface area contributed by atoms with E-state index in [4.69, 9.17) is 4.99 Å². The van der Waals surface area contributed by atoms with Crippen LogP contribution in [0.1, 0.15) is 25.5 Å². The van der Waals surface area contributed by atoms with Crippen molar-refractivity contribution >= 4 is 16.7 Å². The van der Waals surface area contributed by atoms with E-state index in [-0.39, 0.29) is 6.04 Å². The van der Waals surface area contributed by atoms with Gasteiger partial charge in [-0.25, -0.2) is 0 Å². The van der Waals surface area contributed by atoms with Crippen molar-refractivity contribution in [2.75, 3.05) is 46.8 Å². The summed E-state index contributed by atoms with van der Waals surface area (Å²) < 4.78 is 0. The Hall–Kier alpha value is -2.11. The van der Waals surface area contributed by atoms with Gasteiger partial charge in [0.25, 0.3) is 0 Å². The Morgan fingerprint density at radius 2 is 1.93 bits per heavy atom. The Kier molecular flexibility index (Phi) is 6.69. The molecule has 0 aromatic heterocycles. The number of fused-ring (bicyclic) bond motifs is 1. The summed E-state index contributed by atoms with van der Waals surface area (Å²) in [4.78, 5) is 9.68. The molecule has 0 spiro atoms. The highest BCUT2D eigenvalue weighted by atomic mass is 15.3. The van der Waals surface area contributed by atoms with Crippen molar-refractivity contribution in [2.45, 2.75) is 25.9 Å². The topological polar surface area (TPSA) is 42.9 Å². The maximum Gasteiger partial charge on any atom is 0.191 e. The van der Waals surface area contributed by atoms with Gasteiger partial charge in [0.05, 0.1) is 12.6 Å². The molecule has 2 aromatic carbocycles. The number of benzene rings is 2. The molecule has 27 heavy (non-hydrogen) atoms. The van der Waals surface area contributed by atoms with Crippen LogP contribution >= 0.6 is 0 Å². The Morgan fingerprint density at radius 3 is 2.70 bits per heavy atom. The van der Waals surface area contributed by atoms with Crippen molar-refractivity contribution in [1.82, 2.24) is 20.4 Å².